The van der Waals surface area contributed by atoms with Gasteiger partial charge in [0.25, 0.3) is 5.91 Å². The second kappa shape index (κ2) is 9.52. The molecule has 0 spiro atoms. The third-order valence-corrected chi connectivity index (χ3v) is 4.79. The molecular formula is C24H29N3O2. The van der Waals surface area contributed by atoms with Crippen LogP contribution in [0.15, 0.2) is 54.7 Å². The Kier molecular flexibility index (Phi) is 6.83. The lowest BCUT2D eigenvalue weighted by atomic mass is 10.1. The van der Waals surface area contributed by atoms with Crippen molar-refractivity contribution in [3.05, 3.63) is 82.7 Å². The minimum Gasteiger partial charge on any atom is -0.374 e. The summed E-state index contributed by atoms with van der Waals surface area (Å²) >= 11 is 0. The van der Waals surface area contributed by atoms with Crippen LogP contribution in [0, 0.1) is 6.92 Å². The molecule has 3 aromatic rings. The molecule has 5 nitrogen and oxygen atoms in total. The van der Waals surface area contributed by atoms with E-state index in [-0.39, 0.29) is 12.0 Å². The molecule has 0 aliphatic heterocycles. The maximum absolute atomic E-state index is 12.8. The van der Waals surface area contributed by atoms with Crippen molar-refractivity contribution < 1.29 is 9.53 Å². The van der Waals surface area contributed by atoms with Crippen LogP contribution < -0.4 is 5.32 Å². The first-order chi connectivity index (χ1) is 14.0. The third kappa shape index (κ3) is 5.33. The molecule has 0 fully saturated rings. The summed E-state index contributed by atoms with van der Waals surface area (Å²) in [6.45, 7) is 9.21. The fraction of sp³-hybridized carbons (Fsp3) is 0.333. The van der Waals surface area contributed by atoms with Crippen LogP contribution in [0.4, 0.5) is 0 Å². The maximum atomic E-state index is 12.8. The Morgan fingerprint density at radius 1 is 1.07 bits per heavy atom. The molecule has 1 heterocycles. The predicted octanol–water partition coefficient (Wildman–Crippen LogP) is 4.60. The van der Waals surface area contributed by atoms with Gasteiger partial charge in [-0.25, -0.2) is 4.68 Å². The monoisotopic (exact) mass is 391 g/mol. The molecule has 0 bridgehead atoms. The number of carbonyl (C=O) groups is 1. The summed E-state index contributed by atoms with van der Waals surface area (Å²) in [6, 6.07) is 16.3. The molecule has 29 heavy (non-hydrogen) atoms. The number of hydrogen-bond donors (Lipinski definition) is 1. The van der Waals surface area contributed by atoms with Crippen LogP contribution in [-0.4, -0.2) is 21.8 Å². The van der Waals surface area contributed by atoms with Crippen molar-refractivity contribution in [1.29, 1.82) is 0 Å². The van der Waals surface area contributed by atoms with Crippen molar-refractivity contribution in [3.8, 4) is 5.69 Å². The molecule has 152 valence electrons. The number of amides is 1. The topological polar surface area (TPSA) is 56.1 Å². The number of nitrogens with zero attached hydrogens (tertiary/aromatic N) is 2. The van der Waals surface area contributed by atoms with Crippen LogP contribution in [0.25, 0.3) is 5.69 Å². The van der Waals surface area contributed by atoms with Gasteiger partial charge in [-0.05, 0) is 50.5 Å². The summed E-state index contributed by atoms with van der Waals surface area (Å²) in [5, 5.41) is 7.46. The van der Waals surface area contributed by atoms with Crippen molar-refractivity contribution in [1.82, 2.24) is 15.1 Å². The molecule has 3 rings (SSSR count). The SMILES string of the molecule is CCc1c(C(=O)NCc2ccc(COC(C)C)cc2)cnn1-c1ccc(C)cc1. The van der Waals surface area contributed by atoms with E-state index in [9.17, 15) is 4.79 Å². The quantitative estimate of drug-likeness (QED) is 0.611. The molecule has 0 saturated carbocycles. The van der Waals surface area contributed by atoms with Gasteiger partial charge in [0, 0.05) is 6.54 Å². The molecule has 1 aromatic heterocycles. The summed E-state index contributed by atoms with van der Waals surface area (Å²) in [5.74, 6) is -0.104. The molecule has 2 aromatic carbocycles. The van der Waals surface area contributed by atoms with Gasteiger partial charge in [-0.2, -0.15) is 5.10 Å². The Bertz CT molecular complexity index is 941. The average Bonchev–Trinajstić information content (AvgIpc) is 3.16. The van der Waals surface area contributed by atoms with Gasteiger partial charge in [0.15, 0.2) is 0 Å². The van der Waals surface area contributed by atoms with Crippen LogP contribution in [-0.2, 0) is 24.3 Å². The molecule has 0 saturated heterocycles. The van der Waals surface area contributed by atoms with Gasteiger partial charge in [0.2, 0.25) is 0 Å². The van der Waals surface area contributed by atoms with Crippen molar-refractivity contribution in [2.24, 2.45) is 0 Å². The first-order valence-electron chi connectivity index (χ1n) is 10.1. The lowest BCUT2D eigenvalue weighted by molar-refractivity contribution is 0.0657. The second-order valence-electron chi connectivity index (χ2n) is 7.46. The lowest BCUT2D eigenvalue weighted by Gasteiger charge is -2.10. The van der Waals surface area contributed by atoms with Gasteiger partial charge in [-0.1, -0.05) is 48.9 Å². The standard InChI is InChI=1S/C24H29N3O2/c1-5-23-22(15-26-27(23)21-12-6-18(4)7-13-21)24(28)25-14-19-8-10-20(11-9-19)16-29-17(2)3/h6-13,15,17H,5,14,16H2,1-4H3,(H,25,28). The number of rotatable bonds is 8. The van der Waals surface area contributed by atoms with E-state index >= 15 is 0 Å². The van der Waals surface area contributed by atoms with Crippen LogP contribution in [0.1, 0.15) is 53.5 Å². The highest BCUT2D eigenvalue weighted by Gasteiger charge is 2.17. The van der Waals surface area contributed by atoms with E-state index in [2.05, 4.69) is 17.3 Å². The summed E-state index contributed by atoms with van der Waals surface area (Å²) < 4.78 is 7.46. The minimum atomic E-state index is -0.104. The zero-order valence-corrected chi connectivity index (χ0v) is 17.6. The fourth-order valence-corrected chi connectivity index (χ4v) is 3.11. The van der Waals surface area contributed by atoms with Crippen LogP contribution in [0.5, 0.6) is 0 Å². The second-order valence-corrected chi connectivity index (χ2v) is 7.46. The predicted molar refractivity (Wildman–Crippen MR) is 115 cm³/mol. The fourth-order valence-electron chi connectivity index (χ4n) is 3.11. The molecule has 0 aliphatic rings. The number of nitrogens with one attached hydrogen (secondary N) is 1. The molecular weight excluding hydrogens is 362 g/mol. The van der Waals surface area contributed by atoms with Gasteiger partial charge in [-0.3, -0.25) is 4.79 Å². The Hall–Kier alpha value is -2.92. The smallest absolute Gasteiger partial charge is 0.255 e. The highest BCUT2D eigenvalue weighted by molar-refractivity contribution is 5.95. The number of carbonyl (C=O) groups excluding carboxylic acids is 1. The van der Waals surface area contributed by atoms with Gasteiger partial charge in [0.1, 0.15) is 0 Å². The average molecular weight is 392 g/mol. The normalized spacial score (nSPS) is 11.1. The number of ether oxygens (including phenoxy) is 1. The number of hydrogen-bond acceptors (Lipinski definition) is 3. The summed E-state index contributed by atoms with van der Waals surface area (Å²) in [4.78, 5) is 12.8. The summed E-state index contributed by atoms with van der Waals surface area (Å²) in [5.41, 5.74) is 5.86. The van der Waals surface area contributed by atoms with E-state index < -0.39 is 0 Å². The van der Waals surface area contributed by atoms with Crippen molar-refractivity contribution in [2.75, 3.05) is 0 Å². The molecule has 1 amide bonds. The molecule has 0 atom stereocenters. The molecule has 0 aliphatic carbocycles. The van der Waals surface area contributed by atoms with E-state index in [0.717, 1.165) is 28.9 Å². The van der Waals surface area contributed by atoms with Crippen LogP contribution in [0.3, 0.4) is 0 Å². The van der Waals surface area contributed by atoms with E-state index in [4.69, 9.17) is 4.74 Å². The zero-order chi connectivity index (χ0) is 20.8. The van der Waals surface area contributed by atoms with E-state index in [1.54, 1.807) is 6.20 Å². The highest BCUT2D eigenvalue weighted by atomic mass is 16.5. The maximum Gasteiger partial charge on any atom is 0.255 e. The van der Waals surface area contributed by atoms with E-state index in [0.29, 0.717) is 18.7 Å². The first kappa shape index (κ1) is 20.8. The van der Waals surface area contributed by atoms with Gasteiger partial charge >= 0.3 is 0 Å². The Balaban J connectivity index is 1.66. The molecule has 1 N–H and O–H groups in total. The van der Waals surface area contributed by atoms with E-state index in [1.807, 2.05) is 74.0 Å². The zero-order valence-electron chi connectivity index (χ0n) is 17.6. The highest BCUT2D eigenvalue weighted by Crippen LogP contribution is 2.17. The molecule has 5 heteroatoms. The first-order valence-corrected chi connectivity index (χ1v) is 10.1. The Morgan fingerprint density at radius 3 is 2.34 bits per heavy atom. The number of aryl methyl sites for hydroxylation is 1. The Labute approximate surface area is 172 Å². The van der Waals surface area contributed by atoms with Crippen molar-refractivity contribution in [3.63, 3.8) is 0 Å². The van der Waals surface area contributed by atoms with Gasteiger partial charge in [-0.15, -0.1) is 0 Å². The van der Waals surface area contributed by atoms with Crippen LogP contribution >= 0.6 is 0 Å². The third-order valence-electron chi connectivity index (χ3n) is 4.79. The van der Waals surface area contributed by atoms with Crippen molar-refractivity contribution in [2.45, 2.75) is 53.4 Å². The summed E-state index contributed by atoms with van der Waals surface area (Å²) in [7, 11) is 0. The number of benzene rings is 2. The minimum absolute atomic E-state index is 0.104. The lowest BCUT2D eigenvalue weighted by Crippen LogP contribution is -2.23. The number of aromatic nitrogens is 2. The molecule has 0 unspecified atom stereocenters. The van der Waals surface area contributed by atoms with E-state index in [1.165, 1.54) is 5.56 Å². The van der Waals surface area contributed by atoms with Crippen LogP contribution in [0.2, 0.25) is 0 Å². The molecule has 0 radical (unpaired) electrons. The summed E-state index contributed by atoms with van der Waals surface area (Å²) in [6.07, 6.45) is 2.59. The Morgan fingerprint density at radius 2 is 1.72 bits per heavy atom. The van der Waals surface area contributed by atoms with Gasteiger partial charge < -0.3 is 10.1 Å². The largest absolute Gasteiger partial charge is 0.374 e. The van der Waals surface area contributed by atoms with Gasteiger partial charge in [0.05, 0.1) is 35.9 Å². The van der Waals surface area contributed by atoms with Crippen molar-refractivity contribution >= 4 is 5.91 Å².